The lowest BCUT2D eigenvalue weighted by Gasteiger charge is -2.09. The van der Waals surface area contributed by atoms with Gasteiger partial charge in [-0.25, -0.2) is 18.4 Å². The molecule has 0 aliphatic rings. The van der Waals surface area contributed by atoms with Gasteiger partial charge in [-0.05, 0) is 6.07 Å². The van der Waals surface area contributed by atoms with Crippen molar-refractivity contribution in [2.75, 3.05) is 7.11 Å². The van der Waals surface area contributed by atoms with Crippen molar-refractivity contribution in [3.8, 4) is 0 Å². The van der Waals surface area contributed by atoms with Crippen LogP contribution in [0.2, 0.25) is 0 Å². The number of methoxy groups -OCH3 is 1. The van der Waals surface area contributed by atoms with Crippen molar-refractivity contribution in [3.63, 3.8) is 0 Å². The van der Waals surface area contributed by atoms with Crippen LogP contribution in [0.4, 0.5) is 8.78 Å². The minimum Gasteiger partial charge on any atom is -0.468 e. The fourth-order valence-corrected chi connectivity index (χ4v) is 2.68. The summed E-state index contributed by atoms with van der Waals surface area (Å²) in [5.74, 6) is -1.39. The summed E-state index contributed by atoms with van der Waals surface area (Å²) in [6.45, 7) is -0.530. The summed E-state index contributed by atoms with van der Waals surface area (Å²) in [6.07, 6.45) is -2.92. The Labute approximate surface area is 119 Å². The van der Waals surface area contributed by atoms with Crippen LogP contribution in [-0.4, -0.2) is 32.2 Å². The molecule has 0 aromatic carbocycles. The first-order valence-corrected chi connectivity index (χ1v) is 6.61. The monoisotopic (exact) mass is 314 g/mol. The van der Waals surface area contributed by atoms with E-state index in [9.17, 15) is 18.4 Å². The van der Waals surface area contributed by atoms with Crippen molar-refractivity contribution in [2.45, 2.75) is 13.0 Å². The highest BCUT2D eigenvalue weighted by atomic mass is 32.1. The normalized spacial score (nSPS) is 11.6. The maximum Gasteiger partial charge on any atom is 0.327 e. The molecular formula is C11H8F2N4O3S. The zero-order valence-electron chi connectivity index (χ0n) is 10.6. The van der Waals surface area contributed by atoms with Crippen molar-refractivity contribution < 1.29 is 18.3 Å². The molecule has 0 bridgehead atoms. The summed E-state index contributed by atoms with van der Waals surface area (Å²) in [5.41, 5.74) is 1.08. The van der Waals surface area contributed by atoms with Crippen molar-refractivity contribution in [1.82, 2.24) is 19.2 Å². The van der Waals surface area contributed by atoms with E-state index in [2.05, 4.69) is 14.8 Å². The molecule has 0 unspecified atom stereocenters. The predicted molar refractivity (Wildman–Crippen MR) is 69.6 cm³/mol. The van der Waals surface area contributed by atoms with Gasteiger partial charge in [0.2, 0.25) is 5.82 Å². The first kappa shape index (κ1) is 13.6. The van der Waals surface area contributed by atoms with Crippen molar-refractivity contribution in [2.24, 2.45) is 0 Å². The first-order valence-electron chi connectivity index (χ1n) is 5.73. The van der Waals surface area contributed by atoms with Gasteiger partial charge in [0, 0.05) is 0 Å². The van der Waals surface area contributed by atoms with Crippen LogP contribution in [0.5, 0.6) is 0 Å². The fourth-order valence-electron chi connectivity index (χ4n) is 1.99. The molecule has 0 fully saturated rings. The van der Waals surface area contributed by atoms with E-state index < -0.39 is 30.3 Å². The smallest absolute Gasteiger partial charge is 0.327 e. The first-order chi connectivity index (χ1) is 10.0. The quantitative estimate of drug-likeness (QED) is 0.679. The summed E-state index contributed by atoms with van der Waals surface area (Å²) in [6, 6.07) is 1.46. The molecule has 10 heteroatoms. The Kier molecular flexibility index (Phi) is 3.16. The van der Waals surface area contributed by atoms with Gasteiger partial charge in [-0.3, -0.25) is 14.0 Å². The van der Waals surface area contributed by atoms with Gasteiger partial charge >= 0.3 is 5.97 Å². The Bertz CT molecular complexity index is 898. The molecule has 3 aromatic heterocycles. The van der Waals surface area contributed by atoms with Crippen LogP contribution >= 0.6 is 11.3 Å². The molecule has 0 atom stereocenters. The number of ether oxygens (including phenoxy) is 1. The summed E-state index contributed by atoms with van der Waals surface area (Å²) < 4.78 is 33.1. The summed E-state index contributed by atoms with van der Waals surface area (Å²) >= 11 is 1.22. The van der Waals surface area contributed by atoms with Crippen molar-refractivity contribution in [1.29, 1.82) is 0 Å². The largest absolute Gasteiger partial charge is 0.468 e. The average Bonchev–Trinajstić information content (AvgIpc) is 3.02. The van der Waals surface area contributed by atoms with E-state index in [1.54, 1.807) is 0 Å². The van der Waals surface area contributed by atoms with E-state index in [1.165, 1.54) is 22.9 Å². The van der Waals surface area contributed by atoms with Gasteiger partial charge in [-0.15, -0.1) is 16.4 Å². The third-order valence-corrected chi connectivity index (χ3v) is 3.67. The minimum atomic E-state index is -2.92. The van der Waals surface area contributed by atoms with Crippen LogP contribution < -0.4 is 5.56 Å². The number of hydrogen-bond donors (Lipinski definition) is 0. The molecule has 0 aliphatic heterocycles. The van der Waals surface area contributed by atoms with Crippen LogP contribution in [0.25, 0.3) is 15.9 Å². The van der Waals surface area contributed by atoms with Crippen LogP contribution in [0, 0.1) is 0 Å². The Hall–Kier alpha value is -2.36. The molecule has 3 heterocycles. The summed E-state index contributed by atoms with van der Waals surface area (Å²) in [7, 11) is 1.14. The zero-order chi connectivity index (χ0) is 15.1. The number of carbonyl (C=O) groups is 1. The van der Waals surface area contributed by atoms with E-state index in [4.69, 9.17) is 0 Å². The standard InChI is InChI=1S/C11H8F2N4O3S/c1-20-7(18)3-16-11(19)5-2-6-9(14-4-21-6)17(5)10(15-16)8(12)13/h2,4,8H,3H2,1H3. The van der Waals surface area contributed by atoms with E-state index >= 15 is 0 Å². The number of aromatic nitrogens is 4. The number of carbonyl (C=O) groups excluding carboxylic acids is 1. The Morgan fingerprint density at radius 1 is 1.52 bits per heavy atom. The fraction of sp³-hybridized carbons (Fsp3) is 0.273. The average molecular weight is 314 g/mol. The number of halogens is 2. The third-order valence-electron chi connectivity index (χ3n) is 2.90. The molecule has 3 rings (SSSR count). The Morgan fingerprint density at radius 3 is 2.95 bits per heavy atom. The molecule has 7 nitrogen and oxygen atoms in total. The Morgan fingerprint density at radius 2 is 2.29 bits per heavy atom. The van der Waals surface area contributed by atoms with E-state index in [-0.39, 0.29) is 11.2 Å². The molecule has 0 spiro atoms. The lowest BCUT2D eigenvalue weighted by atomic mass is 10.5. The van der Waals surface area contributed by atoms with Gasteiger partial charge in [-0.2, -0.15) is 0 Å². The number of alkyl halides is 2. The number of esters is 1. The molecule has 0 saturated heterocycles. The van der Waals surface area contributed by atoms with E-state index in [0.29, 0.717) is 9.38 Å². The van der Waals surface area contributed by atoms with Gasteiger partial charge in [0.15, 0.2) is 5.65 Å². The predicted octanol–water partition coefficient (Wildman–Crippen LogP) is 1.22. The molecule has 0 saturated carbocycles. The minimum absolute atomic E-state index is 0.00134. The lowest BCUT2D eigenvalue weighted by Crippen LogP contribution is -2.30. The number of nitrogens with zero attached hydrogens (tertiary/aromatic N) is 4. The van der Waals surface area contributed by atoms with Crippen molar-refractivity contribution in [3.05, 3.63) is 27.8 Å². The molecule has 110 valence electrons. The Balaban J connectivity index is 2.35. The molecule has 3 aromatic rings. The van der Waals surface area contributed by atoms with Gasteiger partial charge in [0.25, 0.3) is 12.0 Å². The summed E-state index contributed by atoms with van der Waals surface area (Å²) in [5, 5.41) is 3.57. The number of hydrogen-bond acceptors (Lipinski definition) is 6. The number of thiazole rings is 1. The highest BCUT2D eigenvalue weighted by Crippen LogP contribution is 2.25. The van der Waals surface area contributed by atoms with Crippen molar-refractivity contribution >= 4 is 33.2 Å². The lowest BCUT2D eigenvalue weighted by molar-refractivity contribution is -0.141. The van der Waals surface area contributed by atoms with E-state index in [1.807, 2.05) is 0 Å². The van der Waals surface area contributed by atoms with Gasteiger partial charge in [0.05, 0.1) is 17.3 Å². The highest BCUT2D eigenvalue weighted by Gasteiger charge is 2.22. The topological polar surface area (TPSA) is 78.5 Å². The van der Waals surface area contributed by atoms with Crippen LogP contribution in [0.1, 0.15) is 12.2 Å². The molecule has 0 N–H and O–H groups in total. The van der Waals surface area contributed by atoms with Crippen LogP contribution in [0.3, 0.4) is 0 Å². The van der Waals surface area contributed by atoms with Gasteiger partial charge < -0.3 is 4.74 Å². The molecular weight excluding hydrogens is 306 g/mol. The molecule has 0 radical (unpaired) electrons. The van der Waals surface area contributed by atoms with Crippen LogP contribution in [-0.2, 0) is 16.1 Å². The summed E-state index contributed by atoms with van der Waals surface area (Å²) in [4.78, 5) is 27.4. The SMILES string of the molecule is COC(=O)Cn1nc(C(F)F)n2c(cc3scnc32)c1=O. The van der Waals surface area contributed by atoms with Gasteiger partial charge in [-0.1, -0.05) is 0 Å². The second kappa shape index (κ2) is 4.88. The number of rotatable bonds is 3. The van der Waals surface area contributed by atoms with Crippen LogP contribution in [0.15, 0.2) is 16.4 Å². The molecule has 21 heavy (non-hydrogen) atoms. The highest BCUT2D eigenvalue weighted by molar-refractivity contribution is 7.16. The maximum atomic E-state index is 13.2. The molecule has 0 amide bonds. The van der Waals surface area contributed by atoms with Gasteiger partial charge in [0.1, 0.15) is 12.1 Å². The third kappa shape index (κ3) is 2.07. The zero-order valence-corrected chi connectivity index (χ0v) is 11.4. The second-order valence-electron chi connectivity index (χ2n) is 4.10. The second-order valence-corrected chi connectivity index (χ2v) is 4.99. The number of fused-ring (bicyclic) bond motifs is 3. The molecule has 0 aliphatic carbocycles. The van der Waals surface area contributed by atoms with E-state index in [0.717, 1.165) is 11.5 Å². The maximum absolute atomic E-state index is 13.2.